The Morgan fingerprint density at radius 2 is 1.20 bits per heavy atom. The van der Waals surface area contributed by atoms with Crippen LogP contribution in [0.15, 0.2) is 141 Å². The van der Waals surface area contributed by atoms with Crippen molar-refractivity contribution in [2.24, 2.45) is 0 Å². The van der Waals surface area contributed by atoms with Crippen molar-refractivity contribution in [3.05, 3.63) is 163 Å². The summed E-state index contributed by atoms with van der Waals surface area (Å²) in [6.07, 6.45) is 2.26. The van der Waals surface area contributed by atoms with Gasteiger partial charge in [0, 0.05) is 17.7 Å². The highest BCUT2D eigenvalue weighted by Crippen LogP contribution is 2.57. The molecule has 248 valence electrons. The first-order valence-corrected chi connectivity index (χ1v) is 17.0. The lowest BCUT2D eigenvalue weighted by Gasteiger charge is -2.34. The fourth-order valence-electron chi connectivity index (χ4n) is 6.51. The molecule has 1 aliphatic rings. The number of nitrogens with zero attached hydrogens (tertiary/aromatic N) is 1. The van der Waals surface area contributed by atoms with E-state index in [0.717, 1.165) is 66.3 Å². The van der Waals surface area contributed by atoms with E-state index >= 15 is 0 Å². The van der Waals surface area contributed by atoms with Crippen molar-refractivity contribution in [3.8, 4) is 33.2 Å². The maximum absolute atomic E-state index is 11.4. The molecular formula is C42H33NO6S. The Hall–Kier alpha value is -5.99. The number of carbonyl (C=O) groups excluding carboxylic acids is 2. The number of hydrogen-bond donors (Lipinski definition) is 0. The van der Waals surface area contributed by atoms with E-state index in [1.807, 2.05) is 42.5 Å². The van der Waals surface area contributed by atoms with Gasteiger partial charge in [-0.3, -0.25) is 0 Å². The number of fused-ring (bicyclic) bond motifs is 4. The quantitative estimate of drug-likeness (QED) is 0.0686. The standard InChI is InChI=1S/C42H33NO6S/c1-3-39(44)48-24-22-46-31-18-14-29(15-19-31)42(30-16-20-32(21-17-30)47-23-25-49-40(45)4-2)35-13-9-8-12-33(35)34-26-38-37(27-36(34)42)43-41(50-38)28-10-6-5-7-11-28/h3-21,26-27H,1-2,22-25H2. The second-order valence-electron chi connectivity index (χ2n) is 11.5. The predicted octanol–water partition coefficient (Wildman–Crippen LogP) is 8.54. The molecule has 0 atom stereocenters. The van der Waals surface area contributed by atoms with E-state index in [2.05, 4.69) is 86.0 Å². The van der Waals surface area contributed by atoms with Crippen LogP contribution in [0.5, 0.6) is 11.5 Å². The van der Waals surface area contributed by atoms with Gasteiger partial charge in [0.1, 0.15) is 42.9 Å². The zero-order valence-corrected chi connectivity index (χ0v) is 28.0. The molecule has 6 aromatic rings. The summed E-state index contributed by atoms with van der Waals surface area (Å²) in [6.45, 7) is 7.53. The molecule has 0 N–H and O–H groups in total. The number of hydrogen-bond acceptors (Lipinski definition) is 8. The van der Waals surface area contributed by atoms with E-state index in [4.69, 9.17) is 23.9 Å². The minimum absolute atomic E-state index is 0.122. The molecule has 0 radical (unpaired) electrons. The van der Waals surface area contributed by atoms with E-state index in [-0.39, 0.29) is 26.4 Å². The largest absolute Gasteiger partial charge is 0.490 e. The lowest BCUT2D eigenvalue weighted by atomic mass is 9.67. The summed E-state index contributed by atoms with van der Waals surface area (Å²) in [5.41, 5.74) is 8.05. The fourth-order valence-corrected chi connectivity index (χ4v) is 7.51. The van der Waals surface area contributed by atoms with Gasteiger partial charge in [-0.05, 0) is 69.8 Å². The fraction of sp³-hybridized carbons (Fsp3) is 0.119. The lowest BCUT2D eigenvalue weighted by Crippen LogP contribution is -2.28. The molecule has 0 unspecified atom stereocenters. The van der Waals surface area contributed by atoms with Gasteiger partial charge in [0.15, 0.2) is 0 Å². The molecule has 1 aliphatic carbocycles. The number of aromatic nitrogens is 1. The van der Waals surface area contributed by atoms with Gasteiger partial charge in [-0.1, -0.05) is 92.0 Å². The van der Waals surface area contributed by atoms with Crippen LogP contribution in [0.4, 0.5) is 0 Å². The number of esters is 2. The first-order chi connectivity index (χ1) is 24.5. The summed E-state index contributed by atoms with van der Waals surface area (Å²) >= 11 is 1.69. The summed E-state index contributed by atoms with van der Waals surface area (Å²) in [6, 6.07) is 39.5. The Morgan fingerprint density at radius 1 is 0.640 bits per heavy atom. The SMILES string of the molecule is C=CC(=O)OCCOc1ccc(C2(c3ccc(OCCOC(=O)C=C)cc3)c3ccccc3-c3cc4sc(-c5ccccc5)nc4cc32)cc1. The monoisotopic (exact) mass is 679 g/mol. The third-order valence-electron chi connectivity index (χ3n) is 8.67. The van der Waals surface area contributed by atoms with Crippen LogP contribution in [-0.2, 0) is 24.5 Å². The molecule has 7 rings (SSSR count). The van der Waals surface area contributed by atoms with Crippen LogP contribution in [0.1, 0.15) is 22.3 Å². The summed E-state index contributed by atoms with van der Waals surface area (Å²) in [5, 5.41) is 0.976. The van der Waals surface area contributed by atoms with Gasteiger partial charge >= 0.3 is 11.9 Å². The number of benzene rings is 5. The highest BCUT2D eigenvalue weighted by Gasteiger charge is 2.46. The van der Waals surface area contributed by atoms with Crippen molar-refractivity contribution in [1.82, 2.24) is 4.98 Å². The van der Waals surface area contributed by atoms with Crippen molar-refractivity contribution in [1.29, 1.82) is 0 Å². The molecule has 0 amide bonds. The maximum atomic E-state index is 11.4. The van der Waals surface area contributed by atoms with E-state index in [1.54, 1.807) is 11.3 Å². The molecule has 0 aliphatic heterocycles. The van der Waals surface area contributed by atoms with Crippen LogP contribution >= 0.6 is 11.3 Å². The van der Waals surface area contributed by atoms with E-state index in [9.17, 15) is 9.59 Å². The lowest BCUT2D eigenvalue weighted by molar-refractivity contribution is -0.139. The van der Waals surface area contributed by atoms with Gasteiger partial charge in [-0.25, -0.2) is 14.6 Å². The second kappa shape index (κ2) is 14.2. The topological polar surface area (TPSA) is 84.0 Å². The first-order valence-electron chi connectivity index (χ1n) is 16.2. The third-order valence-corrected chi connectivity index (χ3v) is 9.74. The molecule has 7 nitrogen and oxygen atoms in total. The number of thiazole rings is 1. The molecule has 0 bridgehead atoms. The minimum atomic E-state index is -0.688. The highest BCUT2D eigenvalue weighted by atomic mass is 32.1. The zero-order chi connectivity index (χ0) is 34.5. The van der Waals surface area contributed by atoms with Gasteiger partial charge < -0.3 is 18.9 Å². The van der Waals surface area contributed by atoms with Crippen molar-refractivity contribution in [2.75, 3.05) is 26.4 Å². The number of ether oxygens (including phenoxy) is 4. The van der Waals surface area contributed by atoms with Crippen molar-refractivity contribution >= 4 is 33.5 Å². The van der Waals surface area contributed by atoms with E-state index < -0.39 is 17.4 Å². The predicted molar refractivity (Wildman–Crippen MR) is 196 cm³/mol. The average molecular weight is 680 g/mol. The van der Waals surface area contributed by atoms with Crippen molar-refractivity contribution in [3.63, 3.8) is 0 Å². The zero-order valence-electron chi connectivity index (χ0n) is 27.2. The normalized spacial score (nSPS) is 12.4. The average Bonchev–Trinajstić information content (AvgIpc) is 3.72. The van der Waals surface area contributed by atoms with Crippen LogP contribution in [0, 0.1) is 0 Å². The van der Waals surface area contributed by atoms with Crippen LogP contribution in [0.25, 0.3) is 31.9 Å². The Balaban J connectivity index is 1.32. The molecule has 8 heteroatoms. The number of rotatable bonds is 13. The van der Waals surface area contributed by atoms with E-state index in [1.165, 1.54) is 0 Å². The van der Waals surface area contributed by atoms with E-state index in [0.29, 0.717) is 11.5 Å². The Bertz CT molecular complexity index is 2120. The molecule has 0 fully saturated rings. The molecule has 5 aromatic carbocycles. The van der Waals surface area contributed by atoms with Gasteiger partial charge in [0.2, 0.25) is 0 Å². The smallest absolute Gasteiger partial charge is 0.330 e. The summed E-state index contributed by atoms with van der Waals surface area (Å²) in [5.74, 6) is 0.353. The summed E-state index contributed by atoms with van der Waals surface area (Å²) in [7, 11) is 0. The van der Waals surface area contributed by atoms with Crippen LogP contribution in [-0.4, -0.2) is 43.4 Å². The third kappa shape index (κ3) is 6.17. The van der Waals surface area contributed by atoms with Crippen LogP contribution in [0.3, 0.4) is 0 Å². The first kappa shape index (κ1) is 32.6. The highest BCUT2D eigenvalue weighted by molar-refractivity contribution is 7.21. The van der Waals surface area contributed by atoms with Crippen LogP contribution in [0.2, 0.25) is 0 Å². The Kier molecular flexibility index (Phi) is 9.27. The molecular weight excluding hydrogens is 647 g/mol. The summed E-state index contributed by atoms with van der Waals surface area (Å²) in [4.78, 5) is 28.0. The number of carbonyl (C=O) groups is 2. The molecule has 0 spiro atoms. The molecule has 1 aromatic heterocycles. The van der Waals surface area contributed by atoms with Gasteiger partial charge in [-0.2, -0.15) is 0 Å². The van der Waals surface area contributed by atoms with Crippen LogP contribution < -0.4 is 9.47 Å². The van der Waals surface area contributed by atoms with Gasteiger partial charge in [0.05, 0.1) is 15.6 Å². The summed E-state index contributed by atoms with van der Waals surface area (Å²) < 4.78 is 23.1. The van der Waals surface area contributed by atoms with Gasteiger partial charge in [0.25, 0.3) is 0 Å². The molecule has 50 heavy (non-hydrogen) atoms. The minimum Gasteiger partial charge on any atom is -0.490 e. The maximum Gasteiger partial charge on any atom is 0.330 e. The molecule has 0 saturated heterocycles. The van der Waals surface area contributed by atoms with Crippen molar-refractivity contribution in [2.45, 2.75) is 5.41 Å². The van der Waals surface area contributed by atoms with Crippen molar-refractivity contribution < 1.29 is 28.5 Å². The van der Waals surface area contributed by atoms with Gasteiger partial charge in [-0.15, -0.1) is 11.3 Å². The molecule has 0 saturated carbocycles. The Morgan fingerprint density at radius 3 is 1.78 bits per heavy atom. The molecule has 1 heterocycles. The second-order valence-corrected chi connectivity index (χ2v) is 12.6. The Labute approximate surface area is 294 Å².